The SMILES string of the molecule is Cc1ccc(NC(=O)c2cc(NCc3ccncc3)ccn2)cc1Cl. The number of anilines is 2. The van der Waals surface area contributed by atoms with E-state index in [4.69, 9.17) is 11.6 Å². The summed E-state index contributed by atoms with van der Waals surface area (Å²) in [6, 6.07) is 12.8. The number of nitrogens with zero attached hydrogens (tertiary/aromatic N) is 2. The second-order valence-corrected chi connectivity index (χ2v) is 5.96. The van der Waals surface area contributed by atoms with Gasteiger partial charge >= 0.3 is 0 Å². The maximum Gasteiger partial charge on any atom is 0.274 e. The Morgan fingerprint density at radius 1 is 1.04 bits per heavy atom. The molecule has 2 N–H and O–H groups in total. The number of carbonyl (C=O) groups excluding carboxylic acids is 1. The first-order chi connectivity index (χ1) is 12.1. The molecular formula is C19H17ClN4O. The lowest BCUT2D eigenvalue weighted by atomic mass is 10.2. The predicted molar refractivity (Wildman–Crippen MR) is 99.9 cm³/mol. The lowest BCUT2D eigenvalue weighted by Crippen LogP contribution is -2.14. The van der Waals surface area contributed by atoms with Crippen LogP contribution in [0.25, 0.3) is 0 Å². The van der Waals surface area contributed by atoms with Gasteiger partial charge in [-0.1, -0.05) is 17.7 Å². The minimum Gasteiger partial charge on any atom is -0.381 e. The maximum atomic E-state index is 12.4. The molecule has 0 bridgehead atoms. The average molecular weight is 353 g/mol. The number of hydrogen-bond acceptors (Lipinski definition) is 4. The summed E-state index contributed by atoms with van der Waals surface area (Å²) in [5.74, 6) is -0.285. The summed E-state index contributed by atoms with van der Waals surface area (Å²) in [7, 11) is 0. The maximum absolute atomic E-state index is 12.4. The van der Waals surface area contributed by atoms with Gasteiger partial charge in [-0.15, -0.1) is 0 Å². The summed E-state index contributed by atoms with van der Waals surface area (Å²) < 4.78 is 0. The van der Waals surface area contributed by atoms with Crippen LogP contribution in [0.5, 0.6) is 0 Å². The van der Waals surface area contributed by atoms with Gasteiger partial charge in [-0.3, -0.25) is 14.8 Å². The number of carbonyl (C=O) groups is 1. The van der Waals surface area contributed by atoms with Crippen LogP contribution in [0.2, 0.25) is 5.02 Å². The van der Waals surface area contributed by atoms with Gasteiger partial charge in [0.15, 0.2) is 0 Å². The summed E-state index contributed by atoms with van der Waals surface area (Å²) in [4.78, 5) is 20.5. The van der Waals surface area contributed by atoms with Crippen molar-refractivity contribution in [1.29, 1.82) is 0 Å². The standard InChI is InChI=1S/C19H17ClN4O/c1-13-2-3-16(10-17(13)20)24-19(25)18-11-15(6-9-22-18)23-12-14-4-7-21-8-5-14/h2-11H,12H2,1H3,(H,22,23)(H,24,25). The Morgan fingerprint density at radius 2 is 1.84 bits per heavy atom. The topological polar surface area (TPSA) is 66.9 Å². The van der Waals surface area contributed by atoms with Crippen LogP contribution in [-0.2, 0) is 6.54 Å². The van der Waals surface area contributed by atoms with Gasteiger partial charge < -0.3 is 10.6 Å². The molecule has 6 heteroatoms. The van der Waals surface area contributed by atoms with Crippen molar-refractivity contribution in [2.24, 2.45) is 0 Å². The molecule has 0 saturated heterocycles. The molecule has 1 amide bonds. The number of halogens is 1. The number of hydrogen-bond donors (Lipinski definition) is 2. The molecule has 0 aliphatic rings. The average Bonchev–Trinajstić information content (AvgIpc) is 2.64. The molecule has 2 heterocycles. The fourth-order valence-electron chi connectivity index (χ4n) is 2.24. The highest BCUT2D eigenvalue weighted by molar-refractivity contribution is 6.31. The Hall–Kier alpha value is -2.92. The Bertz CT molecular complexity index is 884. The van der Waals surface area contributed by atoms with Gasteiger partial charge in [-0.05, 0) is 54.4 Å². The first kappa shape index (κ1) is 16.9. The number of nitrogens with one attached hydrogen (secondary N) is 2. The third kappa shape index (κ3) is 4.55. The first-order valence-electron chi connectivity index (χ1n) is 7.78. The molecule has 3 aromatic rings. The number of amides is 1. The van der Waals surface area contributed by atoms with Crippen molar-refractivity contribution in [3.8, 4) is 0 Å². The normalized spacial score (nSPS) is 10.3. The second kappa shape index (κ2) is 7.77. The van der Waals surface area contributed by atoms with E-state index in [9.17, 15) is 4.79 Å². The molecule has 1 aromatic carbocycles. The van der Waals surface area contributed by atoms with E-state index in [1.54, 1.807) is 30.7 Å². The number of aromatic nitrogens is 2. The molecule has 126 valence electrons. The van der Waals surface area contributed by atoms with Crippen LogP contribution < -0.4 is 10.6 Å². The van der Waals surface area contributed by atoms with E-state index in [0.29, 0.717) is 22.9 Å². The van der Waals surface area contributed by atoms with E-state index in [1.807, 2.05) is 37.3 Å². The molecule has 0 radical (unpaired) electrons. The van der Waals surface area contributed by atoms with Crippen LogP contribution in [0.1, 0.15) is 21.6 Å². The number of pyridine rings is 2. The minimum atomic E-state index is -0.285. The fourth-order valence-corrected chi connectivity index (χ4v) is 2.42. The minimum absolute atomic E-state index is 0.285. The van der Waals surface area contributed by atoms with Crippen molar-refractivity contribution in [3.05, 3.63) is 82.9 Å². The highest BCUT2D eigenvalue weighted by atomic mass is 35.5. The van der Waals surface area contributed by atoms with Gasteiger partial charge in [0.2, 0.25) is 0 Å². The Kier molecular flexibility index (Phi) is 5.26. The zero-order valence-electron chi connectivity index (χ0n) is 13.7. The van der Waals surface area contributed by atoms with Gasteiger partial charge in [0.05, 0.1) is 0 Å². The Morgan fingerprint density at radius 3 is 2.60 bits per heavy atom. The van der Waals surface area contributed by atoms with Crippen LogP contribution in [0.4, 0.5) is 11.4 Å². The number of benzene rings is 1. The smallest absolute Gasteiger partial charge is 0.274 e. The van der Waals surface area contributed by atoms with Crippen molar-refractivity contribution < 1.29 is 4.79 Å². The van der Waals surface area contributed by atoms with E-state index in [-0.39, 0.29) is 5.91 Å². The molecule has 0 aliphatic heterocycles. The van der Waals surface area contributed by atoms with E-state index >= 15 is 0 Å². The molecule has 25 heavy (non-hydrogen) atoms. The molecule has 5 nitrogen and oxygen atoms in total. The van der Waals surface area contributed by atoms with Crippen molar-refractivity contribution in [2.75, 3.05) is 10.6 Å². The Balaban J connectivity index is 1.67. The molecule has 0 saturated carbocycles. The molecule has 0 atom stereocenters. The van der Waals surface area contributed by atoms with Crippen molar-refractivity contribution in [2.45, 2.75) is 13.5 Å². The first-order valence-corrected chi connectivity index (χ1v) is 8.16. The zero-order chi connectivity index (χ0) is 17.6. The lowest BCUT2D eigenvalue weighted by Gasteiger charge is -2.09. The van der Waals surface area contributed by atoms with Gasteiger partial charge in [0.25, 0.3) is 5.91 Å². The van der Waals surface area contributed by atoms with Crippen LogP contribution in [0.3, 0.4) is 0 Å². The second-order valence-electron chi connectivity index (χ2n) is 5.56. The van der Waals surface area contributed by atoms with E-state index in [2.05, 4.69) is 20.6 Å². The van der Waals surface area contributed by atoms with Gasteiger partial charge in [-0.2, -0.15) is 0 Å². The monoisotopic (exact) mass is 352 g/mol. The van der Waals surface area contributed by atoms with Crippen LogP contribution in [0.15, 0.2) is 61.1 Å². The molecule has 0 unspecified atom stereocenters. The Labute approximate surface area is 151 Å². The third-order valence-electron chi connectivity index (χ3n) is 3.67. The zero-order valence-corrected chi connectivity index (χ0v) is 14.4. The molecule has 3 rings (SSSR count). The van der Waals surface area contributed by atoms with Crippen molar-refractivity contribution in [3.63, 3.8) is 0 Å². The van der Waals surface area contributed by atoms with Crippen molar-refractivity contribution >= 4 is 28.9 Å². The largest absolute Gasteiger partial charge is 0.381 e. The summed E-state index contributed by atoms with van der Waals surface area (Å²) in [6.45, 7) is 2.55. The van der Waals surface area contributed by atoms with Crippen molar-refractivity contribution in [1.82, 2.24) is 9.97 Å². The molecule has 0 spiro atoms. The molecule has 2 aromatic heterocycles. The molecule has 0 fully saturated rings. The summed E-state index contributed by atoms with van der Waals surface area (Å²) in [5, 5.41) is 6.68. The van der Waals surface area contributed by atoms with Crippen LogP contribution in [-0.4, -0.2) is 15.9 Å². The van der Waals surface area contributed by atoms with E-state index in [0.717, 1.165) is 16.8 Å². The highest BCUT2D eigenvalue weighted by Gasteiger charge is 2.09. The predicted octanol–water partition coefficient (Wildman–Crippen LogP) is 4.30. The van der Waals surface area contributed by atoms with Crippen LogP contribution >= 0.6 is 11.6 Å². The van der Waals surface area contributed by atoms with Gasteiger partial charge in [0, 0.05) is 41.5 Å². The fraction of sp³-hybridized carbons (Fsp3) is 0.105. The number of aryl methyl sites for hydroxylation is 1. The summed E-state index contributed by atoms with van der Waals surface area (Å²) in [5.41, 5.74) is 3.85. The van der Waals surface area contributed by atoms with E-state index in [1.165, 1.54) is 0 Å². The van der Waals surface area contributed by atoms with Crippen LogP contribution in [0, 0.1) is 6.92 Å². The summed E-state index contributed by atoms with van der Waals surface area (Å²) >= 11 is 6.09. The number of rotatable bonds is 5. The van der Waals surface area contributed by atoms with Gasteiger partial charge in [-0.25, -0.2) is 0 Å². The molecule has 0 aliphatic carbocycles. The van der Waals surface area contributed by atoms with Gasteiger partial charge in [0.1, 0.15) is 5.69 Å². The highest BCUT2D eigenvalue weighted by Crippen LogP contribution is 2.20. The molecular weight excluding hydrogens is 336 g/mol. The lowest BCUT2D eigenvalue weighted by molar-refractivity contribution is 0.102. The van der Waals surface area contributed by atoms with E-state index < -0.39 is 0 Å². The quantitative estimate of drug-likeness (QED) is 0.718. The summed E-state index contributed by atoms with van der Waals surface area (Å²) in [6.07, 6.45) is 5.09. The third-order valence-corrected chi connectivity index (χ3v) is 4.08.